The van der Waals surface area contributed by atoms with Gasteiger partial charge in [-0.1, -0.05) is 29.8 Å². The molecular formula is C20H20N4O2. The highest BCUT2D eigenvalue weighted by Gasteiger charge is 2.11. The molecule has 3 aromatic rings. The summed E-state index contributed by atoms with van der Waals surface area (Å²) in [5.41, 5.74) is 3.91. The molecule has 0 saturated carbocycles. The van der Waals surface area contributed by atoms with Crippen molar-refractivity contribution in [3.63, 3.8) is 0 Å². The van der Waals surface area contributed by atoms with Crippen LogP contribution in [-0.2, 0) is 0 Å². The Kier molecular flexibility index (Phi) is 5.12. The van der Waals surface area contributed by atoms with E-state index in [1.54, 1.807) is 19.4 Å². The third-order valence-corrected chi connectivity index (χ3v) is 3.87. The number of anilines is 3. The lowest BCUT2D eigenvalue weighted by Gasteiger charge is -2.11. The van der Waals surface area contributed by atoms with Gasteiger partial charge in [-0.05, 0) is 43.7 Å². The van der Waals surface area contributed by atoms with Crippen LogP contribution < -0.4 is 15.4 Å². The van der Waals surface area contributed by atoms with Crippen LogP contribution in [0.25, 0.3) is 0 Å². The number of aryl methyl sites for hydroxylation is 2. The van der Waals surface area contributed by atoms with Gasteiger partial charge in [-0.2, -0.15) is 0 Å². The van der Waals surface area contributed by atoms with E-state index < -0.39 is 0 Å². The number of para-hydroxylation sites is 2. The second-order valence-electron chi connectivity index (χ2n) is 5.86. The number of hydrogen-bond donors (Lipinski definition) is 2. The van der Waals surface area contributed by atoms with E-state index in [0.717, 1.165) is 22.5 Å². The summed E-state index contributed by atoms with van der Waals surface area (Å²) < 4.78 is 5.30. The maximum atomic E-state index is 12.5. The van der Waals surface area contributed by atoms with E-state index in [0.29, 0.717) is 11.7 Å². The lowest BCUT2D eigenvalue weighted by Crippen LogP contribution is -2.15. The topological polar surface area (TPSA) is 76.1 Å². The van der Waals surface area contributed by atoms with Crippen LogP contribution in [0.3, 0.4) is 0 Å². The normalized spacial score (nSPS) is 10.3. The summed E-state index contributed by atoms with van der Waals surface area (Å²) in [7, 11) is 1.59. The van der Waals surface area contributed by atoms with Gasteiger partial charge >= 0.3 is 0 Å². The van der Waals surface area contributed by atoms with Crippen molar-refractivity contribution in [2.24, 2.45) is 0 Å². The molecule has 0 atom stereocenters. The van der Waals surface area contributed by atoms with E-state index in [9.17, 15) is 4.79 Å². The Labute approximate surface area is 152 Å². The number of methoxy groups -OCH3 is 1. The molecule has 0 unspecified atom stereocenters. The minimum atomic E-state index is -0.289. The fraction of sp³-hybridized carbons (Fsp3) is 0.150. The van der Waals surface area contributed by atoms with Gasteiger partial charge in [-0.25, -0.2) is 9.97 Å². The number of benzene rings is 2. The Balaban J connectivity index is 1.79. The maximum Gasteiger partial charge on any atom is 0.274 e. The summed E-state index contributed by atoms with van der Waals surface area (Å²) in [5.74, 6) is 0.700. The molecule has 0 bridgehead atoms. The fourth-order valence-corrected chi connectivity index (χ4v) is 2.55. The van der Waals surface area contributed by atoms with Gasteiger partial charge in [0.2, 0.25) is 5.95 Å². The Bertz CT molecular complexity index is 941. The highest BCUT2D eigenvalue weighted by Crippen LogP contribution is 2.25. The van der Waals surface area contributed by atoms with Gasteiger partial charge in [0.25, 0.3) is 5.91 Å². The maximum absolute atomic E-state index is 12.5. The van der Waals surface area contributed by atoms with Crippen LogP contribution in [0.4, 0.5) is 17.3 Å². The van der Waals surface area contributed by atoms with Crippen LogP contribution in [0.15, 0.2) is 54.7 Å². The molecule has 0 aliphatic rings. The Morgan fingerprint density at radius 2 is 1.85 bits per heavy atom. The molecule has 2 N–H and O–H groups in total. The summed E-state index contributed by atoms with van der Waals surface area (Å²) in [6.45, 7) is 3.97. The molecule has 1 amide bonds. The predicted octanol–water partition coefficient (Wildman–Crippen LogP) is 4.10. The van der Waals surface area contributed by atoms with Crippen LogP contribution in [0.1, 0.15) is 21.6 Å². The van der Waals surface area contributed by atoms with Crippen LogP contribution in [-0.4, -0.2) is 23.0 Å². The monoisotopic (exact) mass is 348 g/mol. The van der Waals surface area contributed by atoms with Crippen molar-refractivity contribution in [3.05, 3.63) is 71.5 Å². The number of amides is 1. The summed E-state index contributed by atoms with van der Waals surface area (Å²) in [6, 6.07) is 14.9. The number of carbonyl (C=O) groups excluding carboxylic acids is 1. The number of nitrogens with one attached hydrogen (secondary N) is 2. The van der Waals surface area contributed by atoms with Gasteiger partial charge < -0.3 is 15.4 Å². The van der Waals surface area contributed by atoms with Gasteiger partial charge in [0.15, 0.2) is 0 Å². The smallest absolute Gasteiger partial charge is 0.274 e. The molecule has 0 spiro atoms. The second-order valence-corrected chi connectivity index (χ2v) is 5.86. The average molecular weight is 348 g/mol. The van der Waals surface area contributed by atoms with E-state index in [1.165, 1.54) is 0 Å². The van der Waals surface area contributed by atoms with Gasteiger partial charge in [0.05, 0.1) is 12.8 Å². The van der Waals surface area contributed by atoms with Crippen molar-refractivity contribution in [2.45, 2.75) is 13.8 Å². The van der Waals surface area contributed by atoms with Crippen LogP contribution in [0, 0.1) is 13.8 Å². The molecule has 6 heteroatoms. The zero-order valence-corrected chi connectivity index (χ0v) is 14.9. The van der Waals surface area contributed by atoms with Crippen LogP contribution >= 0.6 is 0 Å². The van der Waals surface area contributed by atoms with Crippen molar-refractivity contribution in [3.8, 4) is 5.75 Å². The van der Waals surface area contributed by atoms with E-state index in [4.69, 9.17) is 4.74 Å². The van der Waals surface area contributed by atoms with Gasteiger partial charge in [-0.15, -0.1) is 0 Å². The largest absolute Gasteiger partial charge is 0.495 e. The second kappa shape index (κ2) is 7.65. The summed E-state index contributed by atoms with van der Waals surface area (Å²) >= 11 is 0. The standard InChI is InChI=1S/C20H20N4O2/c1-13-8-9-15(14(2)12-13)22-19(25)17-10-11-21-20(24-17)23-16-6-4-5-7-18(16)26-3/h4-12H,1-3H3,(H,22,25)(H,21,23,24). The Hall–Kier alpha value is -3.41. The zero-order valence-electron chi connectivity index (χ0n) is 14.9. The zero-order chi connectivity index (χ0) is 18.5. The molecule has 0 aliphatic carbocycles. The minimum Gasteiger partial charge on any atom is -0.495 e. The molecule has 26 heavy (non-hydrogen) atoms. The Morgan fingerprint density at radius 1 is 1.04 bits per heavy atom. The van der Waals surface area contributed by atoms with Crippen molar-refractivity contribution >= 4 is 23.2 Å². The summed E-state index contributed by atoms with van der Waals surface area (Å²) in [6.07, 6.45) is 1.54. The predicted molar refractivity (Wildman–Crippen MR) is 102 cm³/mol. The fourth-order valence-electron chi connectivity index (χ4n) is 2.55. The van der Waals surface area contributed by atoms with Gasteiger partial charge in [-0.3, -0.25) is 4.79 Å². The first kappa shape index (κ1) is 17.4. The number of rotatable bonds is 5. The average Bonchev–Trinajstić information content (AvgIpc) is 2.64. The first-order valence-corrected chi connectivity index (χ1v) is 8.18. The molecule has 0 fully saturated rings. The SMILES string of the molecule is COc1ccccc1Nc1nccc(C(=O)Nc2ccc(C)cc2C)n1. The van der Waals surface area contributed by atoms with Gasteiger partial charge in [0.1, 0.15) is 11.4 Å². The highest BCUT2D eigenvalue weighted by atomic mass is 16.5. The molecule has 132 valence electrons. The number of aromatic nitrogens is 2. The summed E-state index contributed by atoms with van der Waals surface area (Å²) in [5, 5.41) is 5.96. The number of ether oxygens (including phenoxy) is 1. The van der Waals surface area contributed by atoms with Gasteiger partial charge in [0, 0.05) is 11.9 Å². The van der Waals surface area contributed by atoms with Crippen molar-refractivity contribution in [1.29, 1.82) is 0 Å². The van der Waals surface area contributed by atoms with Crippen molar-refractivity contribution in [2.75, 3.05) is 17.7 Å². The lowest BCUT2D eigenvalue weighted by atomic mass is 10.1. The van der Waals surface area contributed by atoms with Crippen LogP contribution in [0.5, 0.6) is 5.75 Å². The molecule has 1 aromatic heterocycles. The number of nitrogens with zero attached hydrogens (tertiary/aromatic N) is 2. The first-order valence-electron chi connectivity index (χ1n) is 8.18. The number of hydrogen-bond acceptors (Lipinski definition) is 5. The molecule has 0 radical (unpaired) electrons. The first-order chi connectivity index (χ1) is 12.6. The Morgan fingerprint density at radius 3 is 2.62 bits per heavy atom. The molecule has 3 rings (SSSR count). The van der Waals surface area contributed by atoms with E-state index in [-0.39, 0.29) is 11.6 Å². The van der Waals surface area contributed by atoms with Crippen LogP contribution in [0.2, 0.25) is 0 Å². The molecule has 0 aliphatic heterocycles. The third kappa shape index (κ3) is 3.97. The molecule has 2 aromatic carbocycles. The quantitative estimate of drug-likeness (QED) is 0.726. The van der Waals surface area contributed by atoms with Crippen molar-refractivity contribution < 1.29 is 9.53 Å². The lowest BCUT2D eigenvalue weighted by molar-refractivity contribution is 0.102. The molecule has 6 nitrogen and oxygen atoms in total. The highest BCUT2D eigenvalue weighted by molar-refractivity contribution is 6.03. The van der Waals surface area contributed by atoms with E-state index in [2.05, 4.69) is 20.6 Å². The summed E-state index contributed by atoms with van der Waals surface area (Å²) in [4.78, 5) is 21.0. The van der Waals surface area contributed by atoms with E-state index in [1.807, 2.05) is 56.3 Å². The number of carbonyl (C=O) groups is 1. The van der Waals surface area contributed by atoms with Crippen molar-refractivity contribution in [1.82, 2.24) is 9.97 Å². The molecule has 1 heterocycles. The molecule has 0 saturated heterocycles. The minimum absolute atomic E-state index is 0.275. The van der Waals surface area contributed by atoms with E-state index >= 15 is 0 Å². The third-order valence-electron chi connectivity index (χ3n) is 3.87. The molecular weight excluding hydrogens is 328 g/mol.